The van der Waals surface area contributed by atoms with Gasteiger partial charge in [-0.05, 0) is 43.5 Å². The Balaban J connectivity index is 2.28. The number of aryl methyl sites for hydroxylation is 2. The molecule has 2 rings (SSSR count). The fourth-order valence-electron chi connectivity index (χ4n) is 2.09. The van der Waals surface area contributed by atoms with Crippen LogP contribution in [0.2, 0.25) is 0 Å². The molecule has 0 aliphatic rings. The summed E-state index contributed by atoms with van der Waals surface area (Å²) in [5.74, 6) is -0.273. The second-order valence-corrected chi connectivity index (χ2v) is 4.57. The van der Waals surface area contributed by atoms with Gasteiger partial charge in [-0.2, -0.15) is 0 Å². The van der Waals surface area contributed by atoms with E-state index in [4.69, 9.17) is 4.74 Å². The maximum absolute atomic E-state index is 11.9. The van der Waals surface area contributed by atoms with E-state index >= 15 is 0 Å². The zero-order valence-electron chi connectivity index (χ0n) is 11.5. The summed E-state index contributed by atoms with van der Waals surface area (Å²) in [5.41, 5.74) is 3.72. The van der Waals surface area contributed by atoms with Crippen molar-refractivity contribution in [2.75, 3.05) is 6.61 Å². The van der Waals surface area contributed by atoms with E-state index in [0.29, 0.717) is 18.8 Å². The fourth-order valence-corrected chi connectivity index (χ4v) is 2.09. The second-order valence-electron chi connectivity index (χ2n) is 4.57. The largest absolute Gasteiger partial charge is 0.461 e. The van der Waals surface area contributed by atoms with Crippen molar-refractivity contribution in [1.82, 2.24) is 9.55 Å². The number of hydrogen-bond donors (Lipinski definition) is 0. The van der Waals surface area contributed by atoms with Crippen LogP contribution in [0, 0.1) is 13.8 Å². The molecule has 0 spiro atoms. The number of carbonyl (C=O) groups excluding carboxylic acids is 1. The van der Waals surface area contributed by atoms with Crippen molar-refractivity contribution in [2.24, 2.45) is 0 Å². The maximum Gasteiger partial charge on any atom is 0.355 e. The highest BCUT2D eigenvalue weighted by Crippen LogP contribution is 2.14. The number of esters is 1. The Morgan fingerprint density at radius 1 is 1.37 bits per heavy atom. The van der Waals surface area contributed by atoms with Crippen LogP contribution in [0.15, 0.2) is 30.7 Å². The number of nitrogens with zero attached hydrogens (tertiary/aromatic N) is 2. The zero-order chi connectivity index (χ0) is 13.8. The molecule has 0 saturated heterocycles. The van der Waals surface area contributed by atoms with Crippen molar-refractivity contribution in [3.05, 3.63) is 53.1 Å². The number of ether oxygens (including phenoxy) is 1. The van der Waals surface area contributed by atoms with Gasteiger partial charge in [0, 0.05) is 25.1 Å². The van der Waals surface area contributed by atoms with E-state index in [0.717, 1.165) is 16.7 Å². The predicted octanol–water partition coefficient (Wildman–Crippen LogP) is 2.72. The van der Waals surface area contributed by atoms with Crippen LogP contribution in [0.5, 0.6) is 0 Å². The highest BCUT2D eigenvalue weighted by Gasteiger charge is 2.15. The molecule has 0 aliphatic carbocycles. The number of rotatable bonds is 4. The van der Waals surface area contributed by atoms with E-state index in [1.165, 1.54) is 0 Å². The third-order valence-electron chi connectivity index (χ3n) is 2.92. The van der Waals surface area contributed by atoms with E-state index in [9.17, 15) is 4.79 Å². The molecule has 0 bridgehead atoms. The SMILES string of the molecule is CCOC(=O)c1c(C)ccn1Cc1cncc(C)c1. The van der Waals surface area contributed by atoms with Gasteiger partial charge in [0.15, 0.2) is 0 Å². The molecular weight excluding hydrogens is 240 g/mol. The molecule has 0 amide bonds. The van der Waals surface area contributed by atoms with Crippen molar-refractivity contribution in [2.45, 2.75) is 27.3 Å². The molecule has 2 aromatic rings. The van der Waals surface area contributed by atoms with Crippen LogP contribution in [0.4, 0.5) is 0 Å². The Bertz CT molecular complexity index is 588. The van der Waals surface area contributed by atoms with Crippen molar-refractivity contribution in [3.63, 3.8) is 0 Å². The minimum absolute atomic E-state index is 0.273. The Hall–Kier alpha value is -2.10. The van der Waals surface area contributed by atoms with Gasteiger partial charge in [0.2, 0.25) is 0 Å². The van der Waals surface area contributed by atoms with Crippen LogP contribution in [-0.2, 0) is 11.3 Å². The van der Waals surface area contributed by atoms with Crippen LogP contribution in [0.1, 0.15) is 34.1 Å². The molecule has 0 atom stereocenters. The van der Waals surface area contributed by atoms with Crippen molar-refractivity contribution in [3.8, 4) is 0 Å². The van der Waals surface area contributed by atoms with Crippen LogP contribution >= 0.6 is 0 Å². The summed E-state index contributed by atoms with van der Waals surface area (Å²) in [6.45, 7) is 6.73. The molecular formula is C15H18N2O2. The average Bonchev–Trinajstić information content (AvgIpc) is 2.71. The lowest BCUT2D eigenvalue weighted by Crippen LogP contribution is -2.13. The molecule has 0 radical (unpaired) electrons. The third-order valence-corrected chi connectivity index (χ3v) is 2.92. The summed E-state index contributed by atoms with van der Waals surface area (Å²) in [5, 5.41) is 0. The molecule has 100 valence electrons. The van der Waals surface area contributed by atoms with Gasteiger partial charge in [-0.25, -0.2) is 4.79 Å². The first kappa shape index (κ1) is 13.3. The number of hydrogen-bond acceptors (Lipinski definition) is 3. The van der Waals surface area contributed by atoms with E-state index < -0.39 is 0 Å². The minimum Gasteiger partial charge on any atom is -0.461 e. The monoisotopic (exact) mass is 258 g/mol. The molecule has 4 nitrogen and oxygen atoms in total. The summed E-state index contributed by atoms with van der Waals surface area (Å²) >= 11 is 0. The first-order chi connectivity index (χ1) is 9.11. The Kier molecular flexibility index (Phi) is 4.00. The molecule has 0 unspecified atom stereocenters. The third kappa shape index (κ3) is 3.02. The zero-order valence-corrected chi connectivity index (χ0v) is 11.5. The van der Waals surface area contributed by atoms with Gasteiger partial charge < -0.3 is 9.30 Å². The summed E-state index contributed by atoms with van der Waals surface area (Å²) in [7, 11) is 0. The van der Waals surface area contributed by atoms with E-state index in [1.54, 1.807) is 0 Å². The Morgan fingerprint density at radius 2 is 2.16 bits per heavy atom. The van der Waals surface area contributed by atoms with E-state index in [1.807, 2.05) is 50.0 Å². The highest BCUT2D eigenvalue weighted by atomic mass is 16.5. The molecule has 0 N–H and O–H groups in total. The van der Waals surface area contributed by atoms with Gasteiger partial charge in [-0.1, -0.05) is 6.07 Å². The summed E-state index contributed by atoms with van der Waals surface area (Å²) in [4.78, 5) is 16.1. The van der Waals surface area contributed by atoms with Gasteiger partial charge in [-0.3, -0.25) is 4.98 Å². The first-order valence-electron chi connectivity index (χ1n) is 6.35. The van der Waals surface area contributed by atoms with Gasteiger partial charge in [0.1, 0.15) is 5.69 Å². The van der Waals surface area contributed by atoms with Crippen molar-refractivity contribution in [1.29, 1.82) is 0 Å². The van der Waals surface area contributed by atoms with Crippen LogP contribution in [0.25, 0.3) is 0 Å². The van der Waals surface area contributed by atoms with Gasteiger partial charge in [0.05, 0.1) is 6.61 Å². The number of aromatic nitrogens is 2. The molecule has 0 fully saturated rings. The van der Waals surface area contributed by atoms with E-state index in [2.05, 4.69) is 11.1 Å². The van der Waals surface area contributed by atoms with Gasteiger partial charge in [0.25, 0.3) is 0 Å². The quantitative estimate of drug-likeness (QED) is 0.792. The maximum atomic E-state index is 11.9. The molecule has 19 heavy (non-hydrogen) atoms. The second kappa shape index (κ2) is 5.69. The topological polar surface area (TPSA) is 44.1 Å². The highest BCUT2D eigenvalue weighted by molar-refractivity contribution is 5.89. The molecule has 4 heteroatoms. The molecule has 0 saturated carbocycles. The smallest absolute Gasteiger partial charge is 0.355 e. The van der Waals surface area contributed by atoms with Crippen LogP contribution in [0.3, 0.4) is 0 Å². The standard InChI is InChI=1S/C15H18N2O2/c1-4-19-15(18)14-12(3)5-6-17(14)10-13-7-11(2)8-16-9-13/h5-9H,4,10H2,1-3H3. The molecule has 0 aliphatic heterocycles. The summed E-state index contributed by atoms with van der Waals surface area (Å²) in [6, 6.07) is 3.99. The molecule has 2 heterocycles. The number of pyridine rings is 1. The van der Waals surface area contributed by atoms with Crippen molar-refractivity contribution < 1.29 is 9.53 Å². The summed E-state index contributed by atoms with van der Waals surface area (Å²) < 4.78 is 7.00. The first-order valence-corrected chi connectivity index (χ1v) is 6.35. The van der Waals surface area contributed by atoms with E-state index in [-0.39, 0.29) is 5.97 Å². The van der Waals surface area contributed by atoms with Gasteiger partial charge >= 0.3 is 5.97 Å². The Morgan fingerprint density at radius 3 is 2.84 bits per heavy atom. The predicted molar refractivity (Wildman–Crippen MR) is 73.2 cm³/mol. The van der Waals surface area contributed by atoms with Gasteiger partial charge in [-0.15, -0.1) is 0 Å². The normalized spacial score (nSPS) is 10.5. The lowest BCUT2D eigenvalue weighted by Gasteiger charge is -2.10. The Labute approximate surface area is 113 Å². The van der Waals surface area contributed by atoms with Crippen LogP contribution in [-0.4, -0.2) is 22.1 Å². The fraction of sp³-hybridized carbons (Fsp3) is 0.333. The average molecular weight is 258 g/mol. The molecule has 0 aromatic carbocycles. The molecule has 2 aromatic heterocycles. The minimum atomic E-state index is -0.273. The van der Waals surface area contributed by atoms with Crippen LogP contribution < -0.4 is 0 Å². The summed E-state index contributed by atoms with van der Waals surface area (Å²) in [6.07, 6.45) is 5.54. The lowest BCUT2D eigenvalue weighted by molar-refractivity contribution is 0.0513. The van der Waals surface area contributed by atoms with Crippen molar-refractivity contribution >= 4 is 5.97 Å². The lowest BCUT2D eigenvalue weighted by atomic mass is 10.2. The number of carbonyl (C=O) groups is 1.